The van der Waals surface area contributed by atoms with Crippen LogP contribution >= 0.6 is 12.4 Å². The lowest BCUT2D eigenvalue weighted by Gasteiger charge is -2.35. The molecule has 0 saturated carbocycles. The summed E-state index contributed by atoms with van der Waals surface area (Å²) >= 11 is 0. The van der Waals surface area contributed by atoms with Gasteiger partial charge in [0.25, 0.3) is 0 Å². The van der Waals surface area contributed by atoms with Gasteiger partial charge in [0, 0.05) is 6.04 Å². The largest absolute Gasteiger partial charge is 0.493 e. The molecule has 0 aromatic heterocycles. The van der Waals surface area contributed by atoms with Gasteiger partial charge in [0.15, 0.2) is 23.0 Å². The van der Waals surface area contributed by atoms with E-state index >= 15 is 0 Å². The molecule has 0 bridgehead atoms. The second-order valence-corrected chi connectivity index (χ2v) is 9.12. The van der Waals surface area contributed by atoms with Crippen molar-refractivity contribution in [3.8, 4) is 23.0 Å². The van der Waals surface area contributed by atoms with Crippen molar-refractivity contribution in [3.05, 3.63) is 47.0 Å². The fourth-order valence-corrected chi connectivity index (χ4v) is 4.96. The highest BCUT2D eigenvalue weighted by molar-refractivity contribution is 5.90. The number of ether oxygens (including phenoxy) is 5. The first-order valence-corrected chi connectivity index (χ1v) is 12.9. The first-order valence-electron chi connectivity index (χ1n) is 12.9. The van der Waals surface area contributed by atoms with Crippen molar-refractivity contribution in [3.63, 3.8) is 0 Å². The number of esters is 1. The molecule has 1 unspecified atom stereocenters. The Balaban J connectivity index is 0.00000481. The molecule has 0 heterocycles. The number of halogens is 1. The highest BCUT2D eigenvalue weighted by atomic mass is 35.5. The molecule has 2 aromatic rings. The van der Waals surface area contributed by atoms with Gasteiger partial charge in [-0.15, -0.1) is 12.4 Å². The van der Waals surface area contributed by atoms with Crippen LogP contribution in [0, 0.1) is 0 Å². The van der Waals surface area contributed by atoms with Crippen LogP contribution in [-0.2, 0) is 17.6 Å². The quantitative estimate of drug-likeness (QED) is 0.226. The molecular formula is C29H42ClNO6. The van der Waals surface area contributed by atoms with E-state index in [9.17, 15) is 4.79 Å². The Kier molecular flexibility index (Phi) is 12.9. The molecule has 2 aromatic carbocycles. The van der Waals surface area contributed by atoms with Gasteiger partial charge in [-0.1, -0.05) is 19.8 Å². The lowest BCUT2D eigenvalue weighted by molar-refractivity contribution is 0.0497. The number of carbonyl (C=O) groups excluding carboxylic acids is 1. The standard InChI is InChI=1S/C29H41NO6.ClH/c1-6-30(24-13-11-21-18-27(34-4)28(35-5)20-23(21)17-24)15-9-7-8-10-16-36-29(31)22-12-14-25(32-2)26(19-22)33-3;/h12,14,18-20,24H,6-11,13,15-17H2,1-5H3;1H. The first-order chi connectivity index (χ1) is 17.5. The maximum absolute atomic E-state index is 12.3. The average molecular weight is 536 g/mol. The van der Waals surface area contributed by atoms with Gasteiger partial charge in [0.05, 0.1) is 40.6 Å². The van der Waals surface area contributed by atoms with Crippen molar-refractivity contribution in [1.82, 2.24) is 4.90 Å². The zero-order valence-corrected chi connectivity index (χ0v) is 23.7. The van der Waals surface area contributed by atoms with Crippen molar-refractivity contribution < 1.29 is 28.5 Å². The molecule has 1 atom stereocenters. The van der Waals surface area contributed by atoms with Crippen molar-refractivity contribution in [2.45, 2.75) is 57.9 Å². The Morgan fingerprint density at radius 1 is 0.838 bits per heavy atom. The zero-order chi connectivity index (χ0) is 25.9. The fraction of sp³-hybridized carbons (Fsp3) is 0.552. The van der Waals surface area contributed by atoms with Crippen LogP contribution in [0.25, 0.3) is 0 Å². The Morgan fingerprint density at radius 2 is 1.46 bits per heavy atom. The van der Waals surface area contributed by atoms with Gasteiger partial charge in [-0.05, 0) is 86.7 Å². The third kappa shape index (κ3) is 8.17. The van der Waals surface area contributed by atoms with Gasteiger partial charge in [-0.3, -0.25) is 0 Å². The monoisotopic (exact) mass is 535 g/mol. The molecule has 7 nitrogen and oxygen atoms in total. The minimum atomic E-state index is -0.333. The number of rotatable bonds is 14. The van der Waals surface area contributed by atoms with Gasteiger partial charge in [-0.2, -0.15) is 0 Å². The molecule has 0 aliphatic heterocycles. The second kappa shape index (κ2) is 15.6. The van der Waals surface area contributed by atoms with Gasteiger partial charge < -0.3 is 28.6 Å². The lowest BCUT2D eigenvalue weighted by atomic mass is 9.87. The molecule has 1 aliphatic carbocycles. The summed E-state index contributed by atoms with van der Waals surface area (Å²) < 4.78 is 26.9. The van der Waals surface area contributed by atoms with Crippen LogP contribution in [0.1, 0.15) is 60.5 Å². The summed E-state index contributed by atoms with van der Waals surface area (Å²) in [5.74, 6) is 2.41. The summed E-state index contributed by atoms with van der Waals surface area (Å²) in [5, 5.41) is 0. The van der Waals surface area contributed by atoms with E-state index in [-0.39, 0.29) is 18.4 Å². The number of hydrogen-bond donors (Lipinski definition) is 0. The van der Waals surface area contributed by atoms with Crippen molar-refractivity contribution in [2.24, 2.45) is 0 Å². The van der Waals surface area contributed by atoms with Gasteiger partial charge in [0.2, 0.25) is 0 Å². The smallest absolute Gasteiger partial charge is 0.338 e. The number of carbonyl (C=O) groups is 1. The number of unbranched alkanes of at least 4 members (excludes halogenated alkanes) is 3. The summed E-state index contributed by atoms with van der Waals surface area (Å²) in [6.07, 6.45) is 7.47. The van der Waals surface area contributed by atoms with Gasteiger partial charge in [0.1, 0.15) is 0 Å². The highest BCUT2D eigenvalue weighted by Crippen LogP contribution is 2.35. The predicted molar refractivity (Wildman–Crippen MR) is 148 cm³/mol. The molecule has 0 N–H and O–H groups in total. The third-order valence-corrected chi connectivity index (χ3v) is 7.02. The van der Waals surface area contributed by atoms with Crippen molar-refractivity contribution in [2.75, 3.05) is 48.1 Å². The molecular weight excluding hydrogens is 494 g/mol. The Labute approximate surface area is 227 Å². The van der Waals surface area contributed by atoms with E-state index in [1.807, 2.05) is 0 Å². The molecule has 8 heteroatoms. The van der Waals surface area contributed by atoms with Crippen LogP contribution in [0.4, 0.5) is 0 Å². The van der Waals surface area contributed by atoms with E-state index in [2.05, 4.69) is 24.0 Å². The number of aryl methyl sites for hydroxylation is 1. The summed E-state index contributed by atoms with van der Waals surface area (Å²) in [6.45, 7) is 4.82. The Hall–Kier alpha value is -2.64. The van der Waals surface area contributed by atoms with Crippen molar-refractivity contribution in [1.29, 1.82) is 0 Å². The Morgan fingerprint density at radius 3 is 2.11 bits per heavy atom. The van der Waals surface area contributed by atoms with Crippen LogP contribution in [-0.4, -0.2) is 65.0 Å². The minimum absolute atomic E-state index is 0. The normalized spacial score (nSPS) is 14.4. The third-order valence-electron chi connectivity index (χ3n) is 7.02. The maximum atomic E-state index is 12.3. The van der Waals surface area contributed by atoms with Crippen LogP contribution in [0.2, 0.25) is 0 Å². The van der Waals surface area contributed by atoms with Crippen molar-refractivity contribution >= 4 is 18.4 Å². The number of likely N-dealkylation sites (N-methyl/N-ethyl adjacent to an activating group) is 1. The van der Waals surface area contributed by atoms with Crippen LogP contribution < -0.4 is 18.9 Å². The maximum Gasteiger partial charge on any atom is 0.338 e. The number of hydrogen-bond acceptors (Lipinski definition) is 7. The molecule has 0 spiro atoms. The molecule has 37 heavy (non-hydrogen) atoms. The second-order valence-electron chi connectivity index (χ2n) is 9.12. The SMILES string of the molecule is CCN(CCCCCCOC(=O)c1ccc(OC)c(OC)c1)C1CCc2cc(OC)c(OC)cc2C1.Cl. The van der Waals surface area contributed by atoms with E-state index < -0.39 is 0 Å². The topological polar surface area (TPSA) is 66.5 Å². The minimum Gasteiger partial charge on any atom is -0.493 e. The van der Waals surface area contributed by atoms with E-state index in [0.717, 1.165) is 63.1 Å². The fourth-order valence-electron chi connectivity index (χ4n) is 4.96. The van der Waals surface area contributed by atoms with E-state index in [1.165, 1.54) is 17.5 Å². The molecule has 206 valence electrons. The number of benzene rings is 2. The molecule has 3 rings (SSSR count). The van der Waals surface area contributed by atoms with E-state index in [0.29, 0.717) is 29.7 Å². The van der Waals surface area contributed by atoms with E-state index in [4.69, 9.17) is 23.7 Å². The molecule has 0 fully saturated rings. The summed E-state index contributed by atoms with van der Waals surface area (Å²) in [4.78, 5) is 14.9. The number of methoxy groups -OCH3 is 4. The van der Waals surface area contributed by atoms with Gasteiger partial charge in [-0.25, -0.2) is 4.79 Å². The molecule has 1 aliphatic rings. The lowest BCUT2D eigenvalue weighted by Crippen LogP contribution is -2.39. The summed E-state index contributed by atoms with van der Waals surface area (Å²) in [5.41, 5.74) is 3.22. The van der Waals surface area contributed by atoms with Crippen LogP contribution in [0.5, 0.6) is 23.0 Å². The average Bonchev–Trinajstić information content (AvgIpc) is 2.92. The molecule has 0 saturated heterocycles. The van der Waals surface area contributed by atoms with Crippen LogP contribution in [0.3, 0.4) is 0 Å². The Bertz CT molecular complexity index is 999. The van der Waals surface area contributed by atoms with Crippen LogP contribution in [0.15, 0.2) is 30.3 Å². The van der Waals surface area contributed by atoms with E-state index in [1.54, 1.807) is 46.6 Å². The summed E-state index contributed by atoms with van der Waals surface area (Å²) in [7, 11) is 6.50. The number of fused-ring (bicyclic) bond motifs is 1. The van der Waals surface area contributed by atoms with Gasteiger partial charge >= 0.3 is 5.97 Å². The predicted octanol–water partition coefficient (Wildman–Crippen LogP) is 5.74. The molecule has 0 radical (unpaired) electrons. The zero-order valence-electron chi connectivity index (χ0n) is 22.8. The first kappa shape index (κ1) is 30.6. The number of nitrogens with zero attached hydrogens (tertiary/aromatic N) is 1. The highest BCUT2D eigenvalue weighted by Gasteiger charge is 2.25. The summed E-state index contributed by atoms with van der Waals surface area (Å²) in [6, 6.07) is 9.90. The molecule has 0 amide bonds.